The molecule has 9 heteroatoms. The molecule has 0 aliphatic heterocycles. The fourth-order valence-electron chi connectivity index (χ4n) is 2.55. The number of anilines is 1. The van der Waals surface area contributed by atoms with Crippen LogP contribution in [0.2, 0.25) is 5.02 Å². The van der Waals surface area contributed by atoms with Crippen LogP contribution in [0.25, 0.3) is 0 Å². The summed E-state index contributed by atoms with van der Waals surface area (Å²) < 4.78 is 10.9. The lowest BCUT2D eigenvalue weighted by Crippen LogP contribution is -2.16. The highest BCUT2D eigenvalue weighted by Crippen LogP contribution is 2.29. The van der Waals surface area contributed by atoms with Gasteiger partial charge in [0, 0.05) is 11.1 Å². The van der Waals surface area contributed by atoms with Crippen LogP contribution in [-0.4, -0.2) is 16.0 Å². The van der Waals surface area contributed by atoms with Crippen molar-refractivity contribution in [1.82, 2.24) is 5.16 Å². The number of carbonyl (C=O) groups excluding carboxylic acids is 1. The molecule has 3 aromatic rings. The molecule has 1 aromatic heterocycles. The standard InChI is InChI=1S/C19H16ClN3O5/c1-11-5-3-4-6-17(11)27-10-14-12(2)28-22-18(14)19(24)21-15-8-7-13(20)9-16(15)23(25)26/h3-9H,10H2,1-2H3,(H,21,24). The maximum atomic E-state index is 12.6. The van der Waals surface area contributed by atoms with E-state index in [0.29, 0.717) is 17.1 Å². The highest BCUT2D eigenvalue weighted by atomic mass is 35.5. The van der Waals surface area contributed by atoms with E-state index in [0.717, 1.165) is 11.6 Å². The van der Waals surface area contributed by atoms with Crippen LogP contribution >= 0.6 is 11.6 Å². The van der Waals surface area contributed by atoms with Gasteiger partial charge in [0.25, 0.3) is 11.6 Å². The zero-order chi connectivity index (χ0) is 20.3. The first-order valence-electron chi connectivity index (χ1n) is 8.25. The third-order valence-corrected chi connectivity index (χ3v) is 4.31. The first kappa shape index (κ1) is 19.4. The first-order valence-corrected chi connectivity index (χ1v) is 8.63. The lowest BCUT2D eigenvalue weighted by atomic mass is 10.2. The maximum absolute atomic E-state index is 12.6. The molecule has 0 saturated heterocycles. The summed E-state index contributed by atoms with van der Waals surface area (Å²) in [5.74, 6) is 0.442. The minimum Gasteiger partial charge on any atom is -0.488 e. The van der Waals surface area contributed by atoms with Crippen molar-refractivity contribution < 1.29 is 19.0 Å². The summed E-state index contributed by atoms with van der Waals surface area (Å²) in [6.45, 7) is 3.62. The minimum absolute atomic E-state index is 0.00432. The molecule has 28 heavy (non-hydrogen) atoms. The van der Waals surface area contributed by atoms with Crippen molar-refractivity contribution in [3.05, 3.63) is 80.2 Å². The van der Waals surface area contributed by atoms with Gasteiger partial charge in [0.1, 0.15) is 23.8 Å². The average Bonchev–Trinajstić information content (AvgIpc) is 3.03. The molecule has 0 unspecified atom stereocenters. The summed E-state index contributed by atoms with van der Waals surface area (Å²) in [7, 11) is 0. The van der Waals surface area contributed by atoms with Gasteiger partial charge in [-0.25, -0.2) is 0 Å². The SMILES string of the molecule is Cc1ccccc1OCc1c(C(=O)Nc2ccc(Cl)cc2[N+](=O)[O-])noc1C. The van der Waals surface area contributed by atoms with Gasteiger partial charge in [0.05, 0.1) is 10.5 Å². The summed E-state index contributed by atoms with van der Waals surface area (Å²) in [5, 5.41) is 17.6. The number of benzene rings is 2. The summed E-state index contributed by atoms with van der Waals surface area (Å²) in [5.41, 5.74) is 1.08. The van der Waals surface area contributed by atoms with Crippen LogP contribution in [-0.2, 0) is 6.61 Å². The van der Waals surface area contributed by atoms with Gasteiger partial charge < -0.3 is 14.6 Å². The number of para-hydroxylation sites is 1. The second-order valence-electron chi connectivity index (χ2n) is 5.99. The molecule has 0 aliphatic rings. The number of carbonyl (C=O) groups is 1. The van der Waals surface area contributed by atoms with Gasteiger partial charge >= 0.3 is 0 Å². The second-order valence-corrected chi connectivity index (χ2v) is 6.43. The number of hydrogen-bond donors (Lipinski definition) is 1. The molecule has 0 spiro atoms. The topological polar surface area (TPSA) is 108 Å². The number of aromatic nitrogens is 1. The Balaban J connectivity index is 1.82. The van der Waals surface area contributed by atoms with Gasteiger partial charge in [-0.15, -0.1) is 0 Å². The van der Waals surface area contributed by atoms with E-state index in [1.807, 2.05) is 31.2 Å². The molecule has 0 aliphatic carbocycles. The minimum atomic E-state index is -0.648. The predicted molar refractivity (Wildman–Crippen MR) is 103 cm³/mol. The summed E-state index contributed by atoms with van der Waals surface area (Å²) in [6, 6.07) is 11.4. The van der Waals surface area contributed by atoms with E-state index >= 15 is 0 Å². The van der Waals surface area contributed by atoms with E-state index in [-0.39, 0.29) is 28.7 Å². The lowest BCUT2D eigenvalue weighted by Gasteiger charge is -2.09. The van der Waals surface area contributed by atoms with Gasteiger partial charge in [0.2, 0.25) is 0 Å². The summed E-state index contributed by atoms with van der Waals surface area (Å²) >= 11 is 5.79. The third kappa shape index (κ3) is 4.12. The van der Waals surface area contributed by atoms with Crippen LogP contribution < -0.4 is 10.1 Å². The Bertz CT molecular complexity index is 1050. The number of rotatable bonds is 6. The molecule has 0 fully saturated rings. The Morgan fingerprint density at radius 1 is 1.29 bits per heavy atom. The molecular formula is C19H16ClN3O5. The molecule has 0 saturated carbocycles. The molecule has 2 aromatic carbocycles. The highest BCUT2D eigenvalue weighted by molar-refractivity contribution is 6.31. The van der Waals surface area contributed by atoms with E-state index in [2.05, 4.69) is 10.5 Å². The van der Waals surface area contributed by atoms with Crippen molar-refractivity contribution in [2.45, 2.75) is 20.5 Å². The first-order chi connectivity index (χ1) is 13.4. The molecule has 0 atom stereocenters. The predicted octanol–water partition coefficient (Wildman–Crippen LogP) is 4.68. The number of nitro benzene ring substituents is 1. The second kappa shape index (κ2) is 8.10. The molecule has 1 heterocycles. The molecule has 144 valence electrons. The van der Waals surface area contributed by atoms with Crippen LogP contribution in [0.15, 0.2) is 47.0 Å². The zero-order valence-corrected chi connectivity index (χ0v) is 15.8. The number of nitro groups is 1. The smallest absolute Gasteiger partial charge is 0.294 e. The van der Waals surface area contributed by atoms with Crippen LogP contribution in [0.3, 0.4) is 0 Å². The normalized spacial score (nSPS) is 10.5. The number of hydrogen-bond acceptors (Lipinski definition) is 6. The van der Waals surface area contributed by atoms with E-state index in [9.17, 15) is 14.9 Å². The number of amides is 1. The quantitative estimate of drug-likeness (QED) is 0.474. The van der Waals surface area contributed by atoms with Gasteiger partial charge in [-0.1, -0.05) is 35.0 Å². The Kier molecular flexibility index (Phi) is 5.60. The van der Waals surface area contributed by atoms with Gasteiger partial charge in [-0.3, -0.25) is 14.9 Å². The number of ether oxygens (including phenoxy) is 1. The maximum Gasteiger partial charge on any atom is 0.294 e. The summed E-state index contributed by atoms with van der Waals surface area (Å²) in [4.78, 5) is 23.2. The number of aryl methyl sites for hydroxylation is 2. The molecule has 1 amide bonds. The average molecular weight is 402 g/mol. The van der Waals surface area contributed by atoms with Crippen LogP contribution in [0.5, 0.6) is 5.75 Å². The van der Waals surface area contributed by atoms with Crippen molar-refractivity contribution in [3.8, 4) is 5.75 Å². The fraction of sp³-hybridized carbons (Fsp3) is 0.158. The van der Waals surface area contributed by atoms with Crippen LogP contribution in [0.1, 0.15) is 27.4 Å². The summed E-state index contributed by atoms with van der Waals surface area (Å²) in [6.07, 6.45) is 0. The molecular weight excluding hydrogens is 386 g/mol. The van der Waals surface area contributed by atoms with Gasteiger partial charge in [-0.2, -0.15) is 0 Å². The molecule has 3 rings (SSSR count). The number of halogens is 1. The fourth-order valence-corrected chi connectivity index (χ4v) is 2.72. The Morgan fingerprint density at radius 2 is 2.04 bits per heavy atom. The van der Waals surface area contributed by atoms with Crippen molar-refractivity contribution in [2.75, 3.05) is 5.32 Å². The zero-order valence-electron chi connectivity index (χ0n) is 15.1. The molecule has 8 nitrogen and oxygen atoms in total. The van der Waals surface area contributed by atoms with E-state index in [1.165, 1.54) is 12.1 Å². The molecule has 1 N–H and O–H groups in total. The Morgan fingerprint density at radius 3 is 2.75 bits per heavy atom. The Hall–Kier alpha value is -3.39. The van der Waals surface area contributed by atoms with E-state index in [4.69, 9.17) is 20.9 Å². The third-order valence-electron chi connectivity index (χ3n) is 4.07. The Labute approximate surface area is 165 Å². The molecule has 0 radical (unpaired) electrons. The van der Waals surface area contributed by atoms with Crippen molar-refractivity contribution in [3.63, 3.8) is 0 Å². The van der Waals surface area contributed by atoms with Crippen LogP contribution in [0, 0.1) is 24.0 Å². The van der Waals surface area contributed by atoms with Crippen molar-refractivity contribution in [2.24, 2.45) is 0 Å². The highest BCUT2D eigenvalue weighted by Gasteiger charge is 2.23. The van der Waals surface area contributed by atoms with E-state index < -0.39 is 10.8 Å². The number of nitrogens with one attached hydrogen (secondary N) is 1. The van der Waals surface area contributed by atoms with Crippen molar-refractivity contribution >= 4 is 28.9 Å². The van der Waals surface area contributed by atoms with Crippen LogP contribution in [0.4, 0.5) is 11.4 Å². The van der Waals surface area contributed by atoms with Crippen molar-refractivity contribution in [1.29, 1.82) is 0 Å². The van der Waals surface area contributed by atoms with Gasteiger partial charge in [0.15, 0.2) is 5.69 Å². The van der Waals surface area contributed by atoms with Gasteiger partial charge in [-0.05, 0) is 37.6 Å². The lowest BCUT2D eigenvalue weighted by molar-refractivity contribution is -0.383. The monoisotopic (exact) mass is 401 g/mol. The number of nitrogens with zero attached hydrogens (tertiary/aromatic N) is 2. The molecule has 0 bridgehead atoms. The largest absolute Gasteiger partial charge is 0.488 e. The van der Waals surface area contributed by atoms with E-state index in [1.54, 1.807) is 6.92 Å².